The van der Waals surface area contributed by atoms with E-state index in [9.17, 15) is 0 Å². The van der Waals surface area contributed by atoms with Crippen LogP contribution >= 0.6 is 0 Å². The van der Waals surface area contributed by atoms with Crippen LogP contribution in [0.2, 0.25) is 0 Å². The molecule has 10 aromatic rings. The Morgan fingerprint density at radius 2 is 0.920 bits per heavy atom. The van der Waals surface area contributed by atoms with E-state index in [1.54, 1.807) is 0 Å². The topological polar surface area (TPSA) is 90.7 Å². The third kappa shape index (κ3) is 4.64. The minimum Gasteiger partial charge on any atom is -0.456 e. The van der Waals surface area contributed by atoms with Gasteiger partial charge in [-0.05, 0) is 30.3 Å². The molecule has 0 N–H and O–H groups in total. The fourth-order valence-corrected chi connectivity index (χ4v) is 6.64. The second-order valence-corrected chi connectivity index (χ2v) is 12.1. The molecule has 7 nitrogen and oxygen atoms in total. The molecular formula is C43H25N5O2. The van der Waals surface area contributed by atoms with Gasteiger partial charge in [-0.3, -0.25) is 0 Å². The number of hydrogen-bond donors (Lipinski definition) is 0. The third-order valence-electron chi connectivity index (χ3n) is 8.98. The van der Waals surface area contributed by atoms with Crippen LogP contribution in [0.1, 0.15) is 0 Å². The van der Waals surface area contributed by atoms with Crippen molar-refractivity contribution in [3.63, 3.8) is 0 Å². The van der Waals surface area contributed by atoms with E-state index < -0.39 is 0 Å². The highest BCUT2D eigenvalue weighted by Crippen LogP contribution is 2.40. The molecule has 0 aliphatic heterocycles. The fraction of sp³-hybridized carbons (Fsp3) is 0. The Hall–Kier alpha value is -6.99. The monoisotopic (exact) mass is 643 g/mol. The van der Waals surface area contributed by atoms with Crippen molar-refractivity contribution < 1.29 is 8.83 Å². The number of nitrogens with zero attached hydrogens (tertiary/aromatic N) is 5. The molecule has 0 saturated heterocycles. The van der Waals surface area contributed by atoms with Gasteiger partial charge in [0.15, 0.2) is 23.3 Å². The molecule has 0 saturated carbocycles. The lowest BCUT2D eigenvalue weighted by atomic mass is 10.0. The first-order valence-electron chi connectivity index (χ1n) is 16.3. The maximum atomic E-state index is 6.41. The van der Waals surface area contributed by atoms with Gasteiger partial charge in [-0.2, -0.15) is 4.98 Å². The quantitative estimate of drug-likeness (QED) is 0.184. The standard InChI is InChI=1S/C43H25N5O2/c1-4-13-26(14-5-1)38-37-30-19-10-11-21-33(30)50-43(37)48-41(44-38)29-23-24-34-32(25-29)36-31(20-12-22-35(36)49-34)42-46-39(27-15-6-2-7-16-27)45-40(47-42)28-17-8-3-9-18-28/h1-25H. The summed E-state index contributed by atoms with van der Waals surface area (Å²) in [6.45, 7) is 0. The maximum absolute atomic E-state index is 6.41. The molecule has 4 aromatic heterocycles. The summed E-state index contributed by atoms with van der Waals surface area (Å²) in [6, 6.07) is 50.1. The van der Waals surface area contributed by atoms with Crippen molar-refractivity contribution in [1.29, 1.82) is 0 Å². The van der Waals surface area contributed by atoms with Gasteiger partial charge in [-0.25, -0.2) is 19.9 Å². The molecule has 0 atom stereocenters. The zero-order chi connectivity index (χ0) is 33.0. The first kappa shape index (κ1) is 28.1. The highest BCUT2D eigenvalue weighted by atomic mass is 16.3. The summed E-state index contributed by atoms with van der Waals surface area (Å²) >= 11 is 0. The number of fused-ring (bicyclic) bond motifs is 6. The second kappa shape index (κ2) is 11.3. The number of aromatic nitrogens is 5. The highest BCUT2D eigenvalue weighted by Gasteiger charge is 2.21. The van der Waals surface area contributed by atoms with Gasteiger partial charge in [0.1, 0.15) is 16.7 Å². The Morgan fingerprint density at radius 3 is 1.64 bits per heavy atom. The molecule has 6 aromatic carbocycles. The van der Waals surface area contributed by atoms with Gasteiger partial charge in [0.2, 0.25) is 5.71 Å². The Kier molecular flexibility index (Phi) is 6.35. The molecule has 0 radical (unpaired) electrons. The molecule has 0 aliphatic rings. The molecule has 10 rings (SSSR count). The molecule has 7 heteroatoms. The van der Waals surface area contributed by atoms with Crippen molar-refractivity contribution in [3.8, 4) is 56.8 Å². The van der Waals surface area contributed by atoms with Gasteiger partial charge < -0.3 is 8.83 Å². The van der Waals surface area contributed by atoms with Crippen LogP contribution in [0.4, 0.5) is 0 Å². The van der Waals surface area contributed by atoms with Gasteiger partial charge in [-0.1, -0.05) is 121 Å². The fourth-order valence-electron chi connectivity index (χ4n) is 6.64. The van der Waals surface area contributed by atoms with Gasteiger partial charge in [0.05, 0.1) is 11.1 Å². The van der Waals surface area contributed by atoms with E-state index in [0.29, 0.717) is 29.0 Å². The lowest BCUT2D eigenvalue weighted by molar-refractivity contribution is 0.653. The van der Waals surface area contributed by atoms with Gasteiger partial charge in [-0.15, -0.1) is 0 Å². The van der Waals surface area contributed by atoms with E-state index in [1.807, 2.05) is 127 Å². The predicted octanol–water partition coefficient (Wildman–Crippen LogP) is 10.8. The van der Waals surface area contributed by atoms with Gasteiger partial charge >= 0.3 is 0 Å². The smallest absolute Gasteiger partial charge is 0.231 e. The zero-order valence-electron chi connectivity index (χ0n) is 26.5. The van der Waals surface area contributed by atoms with Crippen molar-refractivity contribution in [2.24, 2.45) is 0 Å². The number of rotatable bonds is 5. The van der Waals surface area contributed by atoms with Crippen molar-refractivity contribution in [2.45, 2.75) is 0 Å². The number of para-hydroxylation sites is 1. The van der Waals surface area contributed by atoms with Crippen LogP contribution in [0, 0.1) is 0 Å². The lowest BCUT2D eigenvalue weighted by Gasteiger charge is -2.09. The SMILES string of the molecule is c1ccc(-c2nc(-c3ccccc3)nc(-c3cccc4oc5ccc(-c6nc(-c7ccccc7)c7c(n6)oc6ccccc67)cc5c34)n2)cc1. The molecule has 0 spiro atoms. The number of hydrogen-bond acceptors (Lipinski definition) is 7. The first-order valence-corrected chi connectivity index (χ1v) is 16.3. The average molecular weight is 644 g/mol. The molecule has 234 valence electrons. The van der Waals surface area contributed by atoms with Gasteiger partial charge in [0, 0.05) is 44.0 Å². The summed E-state index contributed by atoms with van der Waals surface area (Å²) in [7, 11) is 0. The summed E-state index contributed by atoms with van der Waals surface area (Å²) < 4.78 is 12.7. The molecule has 0 fully saturated rings. The normalized spacial score (nSPS) is 11.6. The van der Waals surface area contributed by atoms with Crippen LogP contribution in [0.3, 0.4) is 0 Å². The summed E-state index contributed by atoms with van der Waals surface area (Å²) in [5.41, 5.74) is 8.09. The van der Waals surface area contributed by atoms with Crippen molar-refractivity contribution in [3.05, 3.63) is 152 Å². The third-order valence-corrected chi connectivity index (χ3v) is 8.98. The van der Waals surface area contributed by atoms with Crippen molar-refractivity contribution >= 4 is 44.0 Å². The number of furan rings is 2. The van der Waals surface area contributed by atoms with E-state index >= 15 is 0 Å². The summed E-state index contributed by atoms with van der Waals surface area (Å²) in [4.78, 5) is 25.1. The Labute approximate surface area is 285 Å². The van der Waals surface area contributed by atoms with E-state index in [-0.39, 0.29) is 0 Å². The van der Waals surface area contributed by atoms with Crippen LogP contribution in [0.25, 0.3) is 101 Å². The molecule has 0 amide bonds. The molecule has 0 unspecified atom stereocenters. The molecular weight excluding hydrogens is 619 g/mol. The van der Waals surface area contributed by atoms with Crippen molar-refractivity contribution in [1.82, 2.24) is 24.9 Å². The van der Waals surface area contributed by atoms with E-state index in [4.69, 9.17) is 33.8 Å². The number of benzene rings is 6. The van der Waals surface area contributed by atoms with Crippen molar-refractivity contribution in [2.75, 3.05) is 0 Å². The zero-order valence-corrected chi connectivity index (χ0v) is 26.5. The molecule has 50 heavy (non-hydrogen) atoms. The predicted molar refractivity (Wildman–Crippen MR) is 197 cm³/mol. The second-order valence-electron chi connectivity index (χ2n) is 12.1. The summed E-state index contributed by atoms with van der Waals surface area (Å²) in [5.74, 6) is 2.31. The maximum Gasteiger partial charge on any atom is 0.231 e. The van der Waals surface area contributed by atoms with Crippen LogP contribution in [0.15, 0.2) is 160 Å². The first-order chi connectivity index (χ1) is 24.8. The minimum absolute atomic E-state index is 0.542. The van der Waals surface area contributed by atoms with Crippen LogP contribution in [-0.4, -0.2) is 24.9 Å². The molecule has 4 heterocycles. The van der Waals surface area contributed by atoms with Crippen LogP contribution < -0.4 is 0 Å². The molecule has 0 aliphatic carbocycles. The largest absolute Gasteiger partial charge is 0.456 e. The van der Waals surface area contributed by atoms with Crippen LogP contribution in [-0.2, 0) is 0 Å². The average Bonchev–Trinajstić information content (AvgIpc) is 3.76. The van der Waals surface area contributed by atoms with Gasteiger partial charge in [0.25, 0.3) is 0 Å². The molecule has 0 bridgehead atoms. The van der Waals surface area contributed by atoms with E-state index in [0.717, 1.165) is 71.8 Å². The Morgan fingerprint density at radius 1 is 0.340 bits per heavy atom. The summed E-state index contributed by atoms with van der Waals surface area (Å²) in [6.07, 6.45) is 0. The Bertz CT molecular complexity index is 2810. The van der Waals surface area contributed by atoms with E-state index in [1.165, 1.54) is 0 Å². The minimum atomic E-state index is 0.542. The van der Waals surface area contributed by atoms with Crippen LogP contribution in [0.5, 0.6) is 0 Å². The summed E-state index contributed by atoms with van der Waals surface area (Å²) in [5, 5.41) is 3.69. The Balaban J connectivity index is 1.19. The highest BCUT2D eigenvalue weighted by molar-refractivity contribution is 6.13. The lowest BCUT2D eigenvalue weighted by Crippen LogP contribution is -2.00. The van der Waals surface area contributed by atoms with E-state index in [2.05, 4.69) is 24.3 Å².